The topological polar surface area (TPSA) is 104 Å². The normalized spacial score (nSPS) is 11.3. The number of benzene rings is 2. The van der Waals surface area contributed by atoms with Gasteiger partial charge in [-0.1, -0.05) is 35.9 Å². The van der Waals surface area contributed by atoms with Gasteiger partial charge < -0.3 is 19.9 Å². The lowest BCUT2D eigenvalue weighted by molar-refractivity contribution is -0.114. The quantitative estimate of drug-likeness (QED) is 0.329. The highest BCUT2D eigenvalue weighted by Crippen LogP contribution is 2.34. The average molecular weight is 497 g/mol. The number of pyridine rings is 2. The van der Waals surface area contributed by atoms with E-state index in [9.17, 15) is 9.00 Å². The lowest BCUT2D eigenvalue weighted by atomic mass is 10.0. The fourth-order valence-corrected chi connectivity index (χ4v) is 4.06. The Hall–Kier alpha value is -3.33. The van der Waals surface area contributed by atoms with Crippen molar-refractivity contribution in [1.82, 2.24) is 9.97 Å². The SMILES string of the molecule is CC(C)=O.O=S(Nc1ccc(Cl)c(-c2nccc3ccccc23)c1)c1ccc(NCCO)nc1. The number of carbonyl (C=O) groups is 1. The van der Waals surface area contributed by atoms with E-state index in [4.69, 9.17) is 16.7 Å². The second-order valence-electron chi connectivity index (χ2n) is 7.38. The van der Waals surface area contributed by atoms with E-state index in [0.29, 0.717) is 28.0 Å². The van der Waals surface area contributed by atoms with Crippen LogP contribution < -0.4 is 10.0 Å². The molecule has 4 aromatic rings. The van der Waals surface area contributed by atoms with Gasteiger partial charge >= 0.3 is 0 Å². The predicted molar refractivity (Wildman–Crippen MR) is 138 cm³/mol. The van der Waals surface area contributed by atoms with Gasteiger partial charge in [0.05, 0.1) is 22.2 Å². The molecule has 0 amide bonds. The van der Waals surface area contributed by atoms with Gasteiger partial charge in [0.1, 0.15) is 11.6 Å². The van der Waals surface area contributed by atoms with E-state index in [2.05, 4.69) is 20.0 Å². The van der Waals surface area contributed by atoms with Gasteiger partial charge in [-0.15, -0.1) is 0 Å². The van der Waals surface area contributed by atoms with E-state index in [1.807, 2.05) is 36.4 Å². The molecule has 0 radical (unpaired) electrons. The molecule has 0 fully saturated rings. The number of anilines is 2. The molecule has 1 atom stereocenters. The molecule has 3 N–H and O–H groups in total. The summed E-state index contributed by atoms with van der Waals surface area (Å²) in [7, 11) is -1.50. The van der Waals surface area contributed by atoms with Crippen molar-refractivity contribution in [2.45, 2.75) is 18.7 Å². The predicted octanol–water partition coefficient (Wildman–Crippen LogP) is 5.08. The molecule has 0 aliphatic carbocycles. The minimum Gasteiger partial charge on any atom is -0.395 e. The summed E-state index contributed by atoms with van der Waals surface area (Å²) in [6, 6.07) is 18.8. The van der Waals surface area contributed by atoms with E-state index in [0.717, 1.165) is 22.0 Å². The zero-order valence-electron chi connectivity index (χ0n) is 18.8. The third-order valence-electron chi connectivity index (χ3n) is 4.47. The monoisotopic (exact) mass is 496 g/mol. The summed E-state index contributed by atoms with van der Waals surface area (Å²) in [5, 5.41) is 14.4. The summed E-state index contributed by atoms with van der Waals surface area (Å²) < 4.78 is 15.7. The maximum absolute atomic E-state index is 12.7. The number of nitrogens with one attached hydrogen (secondary N) is 2. The number of halogens is 1. The first-order valence-electron chi connectivity index (χ1n) is 10.5. The number of hydrogen-bond donors (Lipinski definition) is 3. The van der Waals surface area contributed by atoms with Crippen LogP contribution in [-0.2, 0) is 15.8 Å². The zero-order valence-corrected chi connectivity index (χ0v) is 20.4. The Kier molecular flexibility index (Phi) is 9.09. The summed E-state index contributed by atoms with van der Waals surface area (Å²) in [6.45, 7) is 3.48. The number of nitrogens with zero attached hydrogens (tertiary/aromatic N) is 2. The van der Waals surface area contributed by atoms with Crippen LogP contribution >= 0.6 is 11.6 Å². The molecule has 176 valence electrons. The van der Waals surface area contributed by atoms with Crippen molar-refractivity contribution in [3.05, 3.63) is 78.1 Å². The molecule has 2 aromatic heterocycles. The van der Waals surface area contributed by atoms with Crippen molar-refractivity contribution in [3.8, 4) is 11.3 Å². The van der Waals surface area contributed by atoms with E-state index in [1.165, 1.54) is 20.0 Å². The number of hydrogen-bond acceptors (Lipinski definition) is 6. The Morgan fingerprint density at radius 2 is 1.82 bits per heavy atom. The minimum absolute atomic E-state index is 0.0153. The Morgan fingerprint density at radius 1 is 1.06 bits per heavy atom. The fraction of sp³-hybridized carbons (Fsp3) is 0.160. The van der Waals surface area contributed by atoms with Gasteiger partial charge in [-0.25, -0.2) is 9.19 Å². The molecular weight excluding hydrogens is 472 g/mol. The van der Waals surface area contributed by atoms with Crippen molar-refractivity contribution in [3.63, 3.8) is 0 Å². The van der Waals surface area contributed by atoms with Crippen molar-refractivity contribution in [2.75, 3.05) is 23.2 Å². The highest BCUT2D eigenvalue weighted by molar-refractivity contribution is 7.86. The maximum Gasteiger partial charge on any atom is 0.151 e. The average Bonchev–Trinajstić information content (AvgIpc) is 2.83. The molecule has 0 saturated carbocycles. The minimum atomic E-state index is -1.50. The molecule has 2 heterocycles. The van der Waals surface area contributed by atoms with Gasteiger partial charge in [-0.2, -0.15) is 0 Å². The summed E-state index contributed by atoms with van der Waals surface area (Å²) in [6.07, 6.45) is 3.29. The number of fused-ring (bicyclic) bond motifs is 1. The van der Waals surface area contributed by atoms with Crippen molar-refractivity contribution in [2.24, 2.45) is 0 Å². The van der Waals surface area contributed by atoms with Gasteiger partial charge in [0.2, 0.25) is 0 Å². The summed E-state index contributed by atoms with van der Waals surface area (Å²) in [4.78, 5) is 18.7. The smallest absolute Gasteiger partial charge is 0.151 e. The molecule has 9 heteroatoms. The molecule has 0 bridgehead atoms. The van der Waals surface area contributed by atoms with Gasteiger partial charge in [-0.3, -0.25) is 4.98 Å². The number of ketones is 1. The van der Waals surface area contributed by atoms with E-state index < -0.39 is 11.0 Å². The van der Waals surface area contributed by atoms with Crippen LogP contribution in [-0.4, -0.2) is 38.2 Å². The highest BCUT2D eigenvalue weighted by atomic mass is 35.5. The number of aliphatic hydroxyl groups is 1. The third kappa shape index (κ3) is 6.84. The van der Waals surface area contributed by atoms with Crippen LogP contribution in [0.5, 0.6) is 0 Å². The first-order chi connectivity index (χ1) is 16.4. The van der Waals surface area contributed by atoms with Crippen molar-refractivity contribution < 1.29 is 14.1 Å². The summed E-state index contributed by atoms with van der Waals surface area (Å²) in [5.41, 5.74) is 2.19. The Morgan fingerprint density at radius 3 is 2.53 bits per heavy atom. The standard InChI is InChI=1S/C22H19ClN4O2S.C3H6O/c23-20-7-5-16(27-30(29)17-6-8-21(26-14-17)24-11-12-28)13-19(20)22-18-4-2-1-3-15(18)9-10-25-22;1-3(2)4/h1-10,13-14,27-28H,11-12H2,(H,24,26);1-2H3. The molecular formula is C25H25ClN4O3S. The van der Waals surface area contributed by atoms with Gasteiger partial charge in [-0.05, 0) is 55.6 Å². The first kappa shape index (κ1) is 25.3. The zero-order chi connectivity index (χ0) is 24.5. The summed E-state index contributed by atoms with van der Waals surface area (Å²) in [5.74, 6) is 0.778. The molecule has 0 aliphatic rings. The maximum atomic E-state index is 12.7. The van der Waals surface area contributed by atoms with Crippen LogP contribution in [0.25, 0.3) is 22.0 Å². The van der Waals surface area contributed by atoms with Crippen molar-refractivity contribution in [1.29, 1.82) is 0 Å². The van der Waals surface area contributed by atoms with Crippen LogP contribution in [0.15, 0.2) is 78.0 Å². The number of Topliss-reactive ketones (excluding diaryl/α,β-unsaturated/α-hetero) is 1. The fourth-order valence-electron chi connectivity index (χ4n) is 3.05. The Labute approximate surface area is 205 Å². The number of aromatic nitrogens is 2. The molecule has 1 unspecified atom stereocenters. The van der Waals surface area contributed by atoms with E-state index >= 15 is 0 Å². The van der Waals surface area contributed by atoms with E-state index in [1.54, 1.807) is 30.5 Å². The third-order valence-corrected chi connectivity index (χ3v) is 5.89. The Bertz CT molecular complexity index is 1290. The van der Waals surface area contributed by atoms with Gasteiger partial charge in [0, 0.05) is 35.6 Å². The van der Waals surface area contributed by atoms with Crippen molar-refractivity contribution >= 4 is 50.6 Å². The number of rotatable bonds is 7. The lowest BCUT2D eigenvalue weighted by Gasteiger charge is -2.11. The van der Waals surface area contributed by atoms with Crippen LogP contribution in [0.1, 0.15) is 13.8 Å². The molecule has 7 nitrogen and oxygen atoms in total. The molecule has 0 saturated heterocycles. The van der Waals surface area contributed by atoms with Crippen LogP contribution in [0.2, 0.25) is 5.02 Å². The number of carbonyl (C=O) groups excluding carboxylic acids is 1. The number of aliphatic hydroxyl groups excluding tert-OH is 1. The van der Waals surface area contributed by atoms with Crippen LogP contribution in [0, 0.1) is 0 Å². The molecule has 2 aromatic carbocycles. The lowest BCUT2D eigenvalue weighted by Crippen LogP contribution is -2.08. The molecule has 0 spiro atoms. The highest BCUT2D eigenvalue weighted by Gasteiger charge is 2.12. The molecule has 34 heavy (non-hydrogen) atoms. The van der Waals surface area contributed by atoms with Crippen LogP contribution in [0.4, 0.5) is 11.5 Å². The first-order valence-corrected chi connectivity index (χ1v) is 12.0. The van der Waals surface area contributed by atoms with E-state index in [-0.39, 0.29) is 12.4 Å². The molecule has 4 rings (SSSR count). The summed E-state index contributed by atoms with van der Waals surface area (Å²) >= 11 is 6.47. The second-order valence-corrected chi connectivity index (χ2v) is 9.00. The molecule has 0 aliphatic heterocycles. The van der Waals surface area contributed by atoms with Gasteiger partial charge in [0.25, 0.3) is 0 Å². The van der Waals surface area contributed by atoms with Gasteiger partial charge in [0.15, 0.2) is 11.0 Å². The second kappa shape index (κ2) is 12.2. The largest absolute Gasteiger partial charge is 0.395 e. The van der Waals surface area contributed by atoms with Crippen LogP contribution in [0.3, 0.4) is 0 Å². The Balaban J connectivity index is 0.000000751.